The molecule has 0 aromatic carbocycles. The number of carbonyl (C=O) groups is 2. The number of aromatic nitrogens is 3. The molecule has 1 fully saturated rings. The molecule has 8 nitrogen and oxygen atoms in total. The third kappa shape index (κ3) is 4.28. The number of carboxylic acids is 1. The van der Waals surface area contributed by atoms with Gasteiger partial charge in [0, 0.05) is 44.4 Å². The fourth-order valence-electron chi connectivity index (χ4n) is 2.92. The molecule has 8 heteroatoms. The van der Waals surface area contributed by atoms with Crippen molar-refractivity contribution >= 4 is 17.8 Å². The summed E-state index contributed by atoms with van der Waals surface area (Å²) in [6.07, 6.45) is 6.84. The summed E-state index contributed by atoms with van der Waals surface area (Å²) in [5.41, 5.74) is 0.942. The fourth-order valence-corrected chi connectivity index (χ4v) is 2.92. The number of anilines is 1. The molecule has 0 saturated carbocycles. The summed E-state index contributed by atoms with van der Waals surface area (Å²) >= 11 is 0. The SMILES string of the molecule is O=C(O)[C@H]1C[C@@H](C(=O)NCc2ccncc2)CN(c2ncccn2)C1. The number of pyridine rings is 1. The highest BCUT2D eigenvalue weighted by Gasteiger charge is 2.36. The Hall–Kier alpha value is -3.03. The Morgan fingerprint density at radius 1 is 1.12 bits per heavy atom. The fraction of sp³-hybridized carbons (Fsp3) is 0.353. The van der Waals surface area contributed by atoms with E-state index in [2.05, 4.69) is 20.3 Å². The van der Waals surface area contributed by atoms with Gasteiger partial charge in [0.05, 0.1) is 11.8 Å². The molecule has 0 spiro atoms. The van der Waals surface area contributed by atoms with Crippen molar-refractivity contribution < 1.29 is 14.7 Å². The Labute approximate surface area is 144 Å². The van der Waals surface area contributed by atoms with E-state index in [1.807, 2.05) is 12.1 Å². The van der Waals surface area contributed by atoms with Gasteiger partial charge in [0.1, 0.15) is 0 Å². The number of carboxylic acid groups (broad SMARTS) is 1. The first-order valence-corrected chi connectivity index (χ1v) is 8.05. The number of hydrogen-bond donors (Lipinski definition) is 2. The molecule has 1 aliphatic rings. The third-order valence-electron chi connectivity index (χ3n) is 4.22. The van der Waals surface area contributed by atoms with Gasteiger partial charge in [-0.25, -0.2) is 9.97 Å². The molecule has 2 aromatic heterocycles. The Balaban J connectivity index is 1.68. The first kappa shape index (κ1) is 16.8. The van der Waals surface area contributed by atoms with Crippen LogP contribution in [-0.2, 0) is 16.1 Å². The van der Waals surface area contributed by atoms with Gasteiger partial charge in [-0.15, -0.1) is 0 Å². The number of nitrogens with one attached hydrogen (secondary N) is 1. The number of nitrogens with zero attached hydrogens (tertiary/aromatic N) is 4. The Morgan fingerprint density at radius 3 is 2.48 bits per heavy atom. The summed E-state index contributed by atoms with van der Waals surface area (Å²) in [6.45, 7) is 1.08. The molecule has 1 saturated heterocycles. The van der Waals surface area contributed by atoms with Gasteiger partial charge < -0.3 is 15.3 Å². The molecule has 130 valence electrons. The van der Waals surface area contributed by atoms with E-state index in [0.717, 1.165) is 5.56 Å². The lowest BCUT2D eigenvalue weighted by Gasteiger charge is -2.35. The quantitative estimate of drug-likeness (QED) is 0.824. The zero-order valence-corrected chi connectivity index (χ0v) is 13.6. The highest BCUT2D eigenvalue weighted by atomic mass is 16.4. The molecule has 25 heavy (non-hydrogen) atoms. The molecule has 2 aromatic rings. The number of rotatable bonds is 5. The van der Waals surface area contributed by atoms with Crippen molar-refractivity contribution in [3.05, 3.63) is 48.5 Å². The monoisotopic (exact) mass is 341 g/mol. The molecule has 1 amide bonds. The minimum absolute atomic E-state index is 0.163. The number of carbonyl (C=O) groups excluding carboxylic acids is 1. The van der Waals surface area contributed by atoms with E-state index in [1.54, 1.807) is 35.8 Å². The summed E-state index contributed by atoms with van der Waals surface area (Å²) in [6, 6.07) is 5.34. The van der Waals surface area contributed by atoms with Crippen LogP contribution in [0, 0.1) is 11.8 Å². The van der Waals surface area contributed by atoms with Gasteiger partial charge in [-0.2, -0.15) is 0 Å². The molecule has 3 rings (SSSR count). The van der Waals surface area contributed by atoms with Crippen LogP contribution in [0.5, 0.6) is 0 Å². The first-order chi connectivity index (χ1) is 12.1. The zero-order valence-electron chi connectivity index (χ0n) is 13.6. The lowest BCUT2D eigenvalue weighted by Crippen LogP contribution is -2.48. The topological polar surface area (TPSA) is 108 Å². The van der Waals surface area contributed by atoms with Crippen LogP contribution in [0.15, 0.2) is 43.0 Å². The first-order valence-electron chi connectivity index (χ1n) is 8.05. The van der Waals surface area contributed by atoms with E-state index in [9.17, 15) is 14.7 Å². The lowest BCUT2D eigenvalue weighted by molar-refractivity contribution is -0.143. The van der Waals surface area contributed by atoms with Gasteiger partial charge in [0.25, 0.3) is 0 Å². The number of hydrogen-bond acceptors (Lipinski definition) is 6. The lowest BCUT2D eigenvalue weighted by atomic mass is 9.88. The molecular weight excluding hydrogens is 322 g/mol. The van der Waals surface area contributed by atoms with Gasteiger partial charge in [0.15, 0.2) is 0 Å². The standard InChI is InChI=1S/C17H19N5O3/c23-15(21-9-12-2-6-18-7-3-12)13-8-14(16(24)25)11-22(10-13)17-19-4-1-5-20-17/h1-7,13-14H,8-11H2,(H,21,23)(H,24,25)/t13-,14+/m1/s1. The van der Waals surface area contributed by atoms with Crippen molar-refractivity contribution in [1.29, 1.82) is 0 Å². The maximum absolute atomic E-state index is 12.5. The largest absolute Gasteiger partial charge is 0.481 e. The summed E-state index contributed by atoms with van der Waals surface area (Å²) in [5, 5.41) is 12.3. The second-order valence-electron chi connectivity index (χ2n) is 5.99. The summed E-state index contributed by atoms with van der Waals surface area (Å²) in [7, 11) is 0. The Morgan fingerprint density at radius 2 is 1.80 bits per heavy atom. The van der Waals surface area contributed by atoms with Crippen molar-refractivity contribution in [2.45, 2.75) is 13.0 Å². The molecule has 2 atom stereocenters. The van der Waals surface area contributed by atoms with Gasteiger partial charge in [-0.05, 0) is 30.2 Å². The van der Waals surface area contributed by atoms with Crippen LogP contribution in [0.4, 0.5) is 5.95 Å². The molecular formula is C17H19N5O3. The predicted molar refractivity (Wildman–Crippen MR) is 89.6 cm³/mol. The van der Waals surface area contributed by atoms with Crippen LogP contribution < -0.4 is 10.2 Å². The van der Waals surface area contributed by atoms with Crippen molar-refractivity contribution in [3.8, 4) is 0 Å². The predicted octanol–water partition coefficient (Wildman–Crippen LogP) is 0.715. The summed E-state index contributed by atoms with van der Waals surface area (Å²) < 4.78 is 0. The van der Waals surface area contributed by atoms with E-state index >= 15 is 0 Å². The van der Waals surface area contributed by atoms with E-state index in [4.69, 9.17) is 0 Å². The van der Waals surface area contributed by atoms with Crippen molar-refractivity contribution in [2.75, 3.05) is 18.0 Å². The molecule has 0 aliphatic carbocycles. The minimum atomic E-state index is -0.910. The van der Waals surface area contributed by atoms with Crippen molar-refractivity contribution in [3.63, 3.8) is 0 Å². The molecule has 0 radical (unpaired) electrons. The van der Waals surface area contributed by atoms with Crippen LogP contribution in [0.3, 0.4) is 0 Å². The average Bonchev–Trinajstić information content (AvgIpc) is 2.67. The third-order valence-corrected chi connectivity index (χ3v) is 4.22. The van der Waals surface area contributed by atoms with Crippen LogP contribution in [0.25, 0.3) is 0 Å². The van der Waals surface area contributed by atoms with Crippen molar-refractivity contribution in [2.24, 2.45) is 11.8 Å². The molecule has 2 N–H and O–H groups in total. The molecule has 1 aliphatic heterocycles. The molecule has 3 heterocycles. The number of piperidine rings is 1. The second kappa shape index (κ2) is 7.69. The molecule has 0 bridgehead atoms. The number of amides is 1. The van der Waals surface area contributed by atoms with E-state index in [0.29, 0.717) is 32.0 Å². The van der Waals surface area contributed by atoms with Crippen molar-refractivity contribution in [1.82, 2.24) is 20.3 Å². The Kier molecular flexibility index (Phi) is 5.17. The normalized spacial score (nSPS) is 20.1. The second-order valence-corrected chi connectivity index (χ2v) is 5.99. The van der Waals surface area contributed by atoms with E-state index in [-0.39, 0.29) is 5.91 Å². The zero-order chi connectivity index (χ0) is 17.6. The van der Waals surface area contributed by atoms with Gasteiger partial charge in [0.2, 0.25) is 11.9 Å². The van der Waals surface area contributed by atoms with Crippen LogP contribution in [0.2, 0.25) is 0 Å². The smallest absolute Gasteiger partial charge is 0.308 e. The summed E-state index contributed by atoms with van der Waals surface area (Å²) in [5.74, 6) is -1.69. The van der Waals surface area contributed by atoms with E-state index < -0.39 is 17.8 Å². The molecule has 0 unspecified atom stereocenters. The average molecular weight is 341 g/mol. The highest BCUT2D eigenvalue weighted by Crippen LogP contribution is 2.25. The van der Waals surface area contributed by atoms with Gasteiger partial charge >= 0.3 is 5.97 Å². The number of aliphatic carboxylic acids is 1. The minimum Gasteiger partial charge on any atom is -0.481 e. The van der Waals surface area contributed by atoms with Crippen LogP contribution in [0.1, 0.15) is 12.0 Å². The Bertz CT molecular complexity index is 726. The summed E-state index contributed by atoms with van der Waals surface area (Å²) in [4.78, 5) is 38.0. The van der Waals surface area contributed by atoms with Crippen LogP contribution >= 0.6 is 0 Å². The maximum Gasteiger partial charge on any atom is 0.308 e. The highest BCUT2D eigenvalue weighted by molar-refractivity contribution is 5.81. The van der Waals surface area contributed by atoms with Gasteiger partial charge in [-0.1, -0.05) is 0 Å². The maximum atomic E-state index is 12.5. The van der Waals surface area contributed by atoms with Crippen LogP contribution in [-0.4, -0.2) is 45.0 Å². The van der Waals surface area contributed by atoms with E-state index in [1.165, 1.54) is 0 Å². The van der Waals surface area contributed by atoms with Gasteiger partial charge in [-0.3, -0.25) is 14.6 Å².